The molecule has 0 radical (unpaired) electrons. The molecule has 2 aromatic rings. The van der Waals surface area contributed by atoms with Gasteiger partial charge in [0, 0.05) is 24.1 Å². The van der Waals surface area contributed by atoms with E-state index in [1.165, 1.54) is 12.1 Å². The van der Waals surface area contributed by atoms with Gasteiger partial charge in [0.25, 0.3) is 0 Å². The van der Waals surface area contributed by atoms with Gasteiger partial charge in [-0.3, -0.25) is 9.59 Å². The maximum atomic E-state index is 14.9. The molecule has 1 amide bonds. The van der Waals surface area contributed by atoms with Crippen LogP contribution in [0.1, 0.15) is 57.6 Å². The SMILES string of the molecule is CC(C)(C)C[C@H]1N[C@@H](C(=O)CCC[C@H](O)CO)[C@H](Cc2ccccc2)[C@@]12C(=O)Nc1cc(Cl)c(F)cc12. The van der Waals surface area contributed by atoms with Crippen molar-refractivity contribution in [2.75, 3.05) is 11.9 Å². The van der Waals surface area contributed by atoms with E-state index in [-0.39, 0.29) is 35.2 Å². The summed E-state index contributed by atoms with van der Waals surface area (Å²) < 4.78 is 14.9. The van der Waals surface area contributed by atoms with Crippen molar-refractivity contribution in [1.29, 1.82) is 0 Å². The third-order valence-corrected chi connectivity index (χ3v) is 7.97. The molecule has 2 aromatic carbocycles. The molecule has 1 fully saturated rings. The Morgan fingerprint density at radius 3 is 2.57 bits per heavy atom. The Bertz CT molecular complexity index is 1150. The number of anilines is 1. The van der Waals surface area contributed by atoms with Crippen LogP contribution in [0.3, 0.4) is 0 Å². The van der Waals surface area contributed by atoms with Crippen molar-refractivity contribution < 1.29 is 24.2 Å². The summed E-state index contributed by atoms with van der Waals surface area (Å²) in [6, 6.07) is 11.5. The topological polar surface area (TPSA) is 98.7 Å². The highest BCUT2D eigenvalue weighted by Crippen LogP contribution is 2.54. The van der Waals surface area contributed by atoms with Crippen LogP contribution in [0.15, 0.2) is 42.5 Å². The molecule has 0 unspecified atom stereocenters. The van der Waals surface area contributed by atoms with Gasteiger partial charge < -0.3 is 20.8 Å². The minimum Gasteiger partial charge on any atom is -0.394 e. The number of aliphatic hydroxyl groups is 2. The number of hydrogen-bond acceptors (Lipinski definition) is 5. The van der Waals surface area contributed by atoms with E-state index in [1.807, 2.05) is 30.3 Å². The van der Waals surface area contributed by atoms with Crippen molar-refractivity contribution in [3.63, 3.8) is 0 Å². The first-order valence-corrected chi connectivity index (χ1v) is 13.3. The molecular formula is C29H36ClFN2O4. The third kappa shape index (κ3) is 5.46. The van der Waals surface area contributed by atoms with E-state index in [9.17, 15) is 19.1 Å². The summed E-state index contributed by atoms with van der Waals surface area (Å²) in [4.78, 5) is 27.7. The molecule has 37 heavy (non-hydrogen) atoms. The summed E-state index contributed by atoms with van der Waals surface area (Å²) in [7, 11) is 0. The van der Waals surface area contributed by atoms with Crippen molar-refractivity contribution >= 4 is 29.0 Å². The van der Waals surface area contributed by atoms with Gasteiger partial charge in [0.1, 0.15) is 11.6 Å². The average molecular weight is 531 g/mol. The summed E-state index contributed by atoms with van der Waals surface area (Å²) in [5.41, 5.74) is 0.644. The number of nitrogens with one attached hydrogen (secondary N) is 2. The molecule has 2 heterocycles. The lowest BCUT2D eigenvalue weighted by Gasteiger charge is -2.37. The molecule has 8 heteroatoms. The molecule has 2 aliphatic rings. The number of benzene rings is 2. The molecule has 4 N–H and O–H groups in total. The number of carbonyl (C=O) groups is 2. The van der Waals surface area contributed by atoms with Crippen LogP contribution in [-0.4, -0.2) is 46.7 Å². The highest BCUT2D eigenvalue weighted by molar-refractivity contribution is 6.31. The Balaban J connectivity index is 1.82. The number of amides is 1. The smallest absolute Gasteiger partial charge is 0.237 e. The quantitative estimate of drug-likeness (QED) is 0.385. The van der Waals surface area contributed by atoms with Crippen molar-refractivity contribution in [2.24, 2.45) is 11.3 Å². The second-order valence-corrected chi connectivity index (χ2v) is 12.0. The fourth-order valence-corrected chi connectivity index (χ4v) is 6.26. The number of hydrogen-bond donors (Lipinski definition) is 4. The number of carbonyl (C=O) groups excluding carboxylic acids is 2. The van der Waals surface area contributed by atoms with E-state index in [2.05, 4.69) is 31.4 Å². The van der Waals surface area contributed by atoms with Crippen LogP contribution < -0.4 is 10.6 Å². The zero-order chi connectivity index (χ0) is 27.0. The molecule has 0 aliphatic carbocycles. The lowest BCUT2D eigenvalue weighted by Crippen LogP contribution is -2.50. The Morgan fingerprint density at radius 1 is 1.22 bits per heavy atom. The molecule has 1 saturated heterocycles. The Hall–Kier alpha value is -2.32. The highest BCUT2D eigenvalue weighted by atomic mass is 35.5. The summed E-state index contributed by atoms with van der Waals surface area (Å²) >= 11 is 6.08. The first-order chi connectivity index (χ1) is 17.5. The van der Waals surface area contributed by atoms with Gasteiger partial charge in [-0.25, -0.2) is 4.39 Å². The van der Waals surface area contributed by atoms with Crippen molar-refractivity contribution in [2.45, 2.75) is 76.5 Å². The maximum Gasteiger partial charge on any atom is 0.237 e. The van der Waals surface area contributed by atoms with Crippen molar-refractivity contribution in [3.8, 4) is 0 Å². The zero-order valence-electron chi connectivity index (χ0n) is 21.6. The Morgan fingerprint density at radius 2 is 1.92 bits per heavy atom. The third-order valence-electron chi connectivity index (χ3n) is 7.68. The van der Waals surface area contributed by atoms with E-state index in [1.54, 1.807) is 0 Å². The second-order valence-electron chi connectivity index (χ2n) is 11.6. The van der Waals surface area contributed by atoms with Crippen LogP contribution in [0.25, 0.3) is 0 Å². The largest absolute Gasteiger partial charge is 0.394 e. The zero-order valence-corrected chi connectivity index (χ0v) is 22.3. The molecule has 200 valence electrons. The first kappa shape index (κ1) is 27.7. The molecule has 2 aliphatic heterocycles. The summed E-state index contributed by atoms with van der Waals surface area (Å²) in [6.45, 7) is 5.89. The molecule has 0 saturated carbocycles. The highest BCUT2D eigenvalue weighted by Gasteiger charge is 2.64. The second kappa shape index (κ2) is 10.8. The molecule has 5 atom stereocenters. The number of halogens is 2. The summed E-state index contributed by atoms with van der Waals surface area (Å²) in [5.74, 6) is -1.38. The molecule has 4 rings (SSSR count). The van der Waals surface area contributed by atoms with E-state index >= 15 is 0 Å². The minimum atomic E-state index is -1.17. The van der Waals surface area contributed by atoms with Crippen LogP contribution in [0.4, 0.5) is 10.1 Å². The lowest BCUT2D eigenvalue weighted by molar-refractivity contribution is -0.124. The summed E-state index contributed by atoms with van der Waals surface area (Å²) in [5, 5.41) is 25.3. The number of ketones is 1. The average Bonchev–Trinajstić information content (AvgIpc) is 3.29. The van der Waals surface area contributed by atoms with Gasteiger partial charge in [-0.2, -0.15) is 0 Å². The van der Waals surface area contributed by atoms with Crippen LogP contribution in [0.5, 0.6) is 0 Å². The maximum absolute atomic E-state index is 14.9. The molecule has 1 spiro atoms. The van der Waals surface area contributed by atoms with Gasteiger partial charge in [-0.15, -0.1) is 0 Å². The van der Waals surface area contributed by atoms with Crippen LogP contribution in [-0.2, 0) is 21.4 Å². The Labute approximate surface area is 222 Å². The van der Waals surface area contributed by atoms with Gasteiger partial charge in [-0.05, 0) is 54.4 Å². The van der Waals surface area contributed by atoms with Crippen molar-refractivity contribution in [1.82, 2.24) is 5.32 Å². The lowest BCUT2D eigenvalue weighted by atomic mass is 9.62. The number of fused-ring (bicyclic) bond motifs is 2. The number of aliphatic hydroxyl groups excluding tert-OH is 2. The van der Waals surface area contributed by atoms with Gasteiger partial charge in [0.15, 0.2) is 0 Å². The molecule has 6 nitrogen and oxygen atoms in total. The van der Waals surface area contributed by atoms with Gasteiger partial charge in [0.2, 0.25) is 5.91 Å². The molecule has 0 aromatic heterocycles. The predicted molar refractivity (Wildman–Crippen MR) is 142 cm³/mol. The monoisotopic (exact) mass is 530 g/mol. The number of rotatable bonds is 9. The fraction of sp³-hybridized carbons (Fsp3) is 0.517. The van der Waals surface area contributed by atoms with Gasteiger partial charge in [-0.1, -0.05) is 62.7 Å². The van der Waals surface area contributed by atoms with E-state index in [0.717, 1.165) is 5.56 Å². The first-order valence-electron chi connectivity index (χ1n) is 12.9. The number of Topliss-reactive ketones (excluding diaryl/α,β-unsaturated/α-hetero) is 1. The fourth-order valence-electron chi connectivity index (χ4n) is 6.10. The Kier molecular flexibility index (Phi) is 8.10. The van der Waals surface area contributed by atoms with Crippen LogP contribution >= 0.6 is 11.6 Å². The van der Waals surface area contributed by atoms with Crippen LogP contribution in [0.2, 0.25) is 5.02 Å². The van der Waals surface area contributed by atoms with Crippen molar-refractivity contribution in [3.05, 3.63) is 64.4 Å². The molecular weight excluding hydrogens is 495 g/mol. The van der Waals surface area contributed by atoms with E-state index in [4.69, 9.17) is 16.7 Å². The minimum absolute atomic E-state index is 0.0578. The van der Waals surface area contributed by atoms with Gasteiger partial charge >= 0.3 is 0 Å². The van der Waals surface area contributed by atoms with E-state index < -0.39 is 35.3 Å². The normalized spacial score (nSPS) is 25.8. The standard InChI is InChI=1S/C29H36ClFN2O4/c1-28(2,3)15-25-29(19-13-22(31)21(30)14-23(19)32-27(29)37)20(12-17-8-5-4-6-9-17)26(33-25)24(36)11-7-10-18(35)16-34/h4-6,8-9,13-14,18,20,25-26,33-35H,7,10-12,15-16H2,1-3H3,(H,32,37)/t18-,20-,25+,26+,29+/m0/s1. The van der Waals surface area contributed by atoms with E-state index in [0.29, 0.717) is 36.9 Å². The van der Waals surface area contributed by atoms with Gasteiger partial charge in [0.05, 0.1) is 29.2 Å². The summed E-state index contributed by atoms with van der Waals surface area (Å²) in [6.07, 6.45) is 1.08. The predicted octanol–water partition coefficient (Wildman–Crippen LogP) is 4.40. The van der Waals surface area contributed by atoms with Crippen LogP contribution in [0, 0.1) is 17.2 Å². The molecule has 0 bridgehead atoms.